The van der Waals surface area contributed by atoms with Crippen LogP contribution >= 0.6 is 0 Å². The third-order valence-corrected chi connectivity index (χ3v) is 2.56. The number of hydrogen-bond acceptors (Lipinski definition) is 1. The van der Waals surface area contributed by atoms with E-state index in [1.54, 1.807) is 6.08 Å². The van der Waals surface area contributed by atoms with Crippen LogP contribution in [0.1, 0.15) is 52.9 Å². The zero-order valence-electron chi connectivity index (χ0n) is 10.0. The molecule has 1 aliphatic carbocycles. The van der Waals surface area contributed by atoms with Crippen LogP contribution in [0.3, 0.4) is 0 Å². The number of hydrogen-bond donors (Lipinski definition) is 0. The van der Waals surface area contributed by atoms with Crippen molar-refractivity contribution in [3.05, 3.63) is 11.6 Å². The fraction of sp³-hybridized carbons (Fsp3) is 0.643. The van der Waals surface area contributed by atoms with Crippen LogP contribution in [0, 0.1) is 17.3 Å². The third kappa shape index (κ3) is 4.34. The molecule has 0 amide bonds. The summed E-state index contributed by atoms with van der Waals surface area (Å²) in [5.41, 5.74) is 1.12. The maximum Gasteiger partial charge on any atom is 0.157 e. The number of allylic oxidation sites excluding steroid dienone is 2. The van der Waals surface area contributed by atoms with Crippen molar-refractivity contribution in [3.8, 4) is 11.8 Å². The number of rotatable bonds is 2. The molecule has 0 aromatic carbocycles. The van der Waals surface area contributed by atoms with Crippen molar-refractivity contribution in [3.63, 3.8) is 0 Å². The molecule has 1 aliphatic rings. The van der Waals surface area contributed by atoms with Crippen LogP contribution in [0.15, 0.2) is 11.6 Å². The molecule has 0 saturated heterocycles. The van der Waals surface area contributed by atoms with E-state index in [4.69, 9.17) is 0 Å². The van der Waals surface area contributed by atoms with Crippen molar-refractivity contribution in [1.82, 2.24) is 0 Å². The lowest BCUT2D eigenvalue weighted by molar-refractivity contribution is -0.116. The highest BCUT2D eigenvalue weighted by Gasteiger charge is 2.26. The molecule has 82 valence electrons. The molecule has 0 spiro atoms. The maximum absolute atomic E-state index is 11.4. The summed E-state index contributed by atoms with van der Waals surface area (Å²) in [6.07, 6.45) is 6.60. The molecule has 0 unspecified atom stereocenters. The normalized spacial score (nSPS) is 19.1. The smallest absolute Gasteiger partial charge is 0.157 e. The summed E-state index contributed by atoms with van der Waals surface area (Å²) < 4.78 is 0. The van der Waals surface area contributed by atoms with E-state index >= 15 is 0 Å². The summed E-state index contributed by atoms with van der Waals surface area (Å²) >= 11 is 0. The second-order valence-corrected chi connectivity index (χ2v) is 5.06. The Kier molecular flexibility index (Phi) is 4.15. The molecule has 15 heavy (non-hydrogen) atoms. The highest BCUT2D eigenvalue weighted by molar-refractivity contribution is 5.92. The number of ketones is 1. The van der Waals surface area contributed by atoms with Crippen molar-refractivity contribution in [2.75, 3.05) is 0 Å². The lowest BCUT2D eigenvalue weighted by atomic mass is 9.77. The minimum Gasteiger partial charge on any atom is -0.295 e. The van der Waals surface area contributed by atoms with Gasteiger partial charge in [-0.15, -0.1) is 0 Å². The second-order valence-electron chi connectivity index (χ2n) is 5.06. The van der Waals surface area contributed by atoms with Crippen molar-refractivity contribution in [1.29, 1.82) is 0 Å². The third-order valence-electron chi connectivity index (χ3n) is 2.56. The van der Waals surface area contributed by atoms with Gasteiger partial charge < -0.3 is 0 Å². The molecule has 0 saturated carbocycles. The molecule has 0 bridgehead atoms. The quantitative estimate of drug-likeness (QED) is 0.497. The molecule has 0 N–H and O–H groups in total. The Labute approximate surface area is 92.9 Å². The maximum atomic E-state index is 11.4. The molecule has 0 fully saturated rings. The van der Waals surface area contributed by atoms with Gasteiger partial charge in [0.1, 0.15) is 0 Å². The van der Waals surface area contributed by atoms with Gasteiger partial charge in [-0.05, 0) is 24.3 Å². The van der Waals surface area contributed by atoms with Gasteiger partial charge in [0.2, 0.25) is 0 Å². The van der Waals surface area contributed by atoms with E-state index in [1.807, 2.05) is 0 Å². The van der Waals surface area contributed by atoms with Crippen molar-refractivity contribution in [2.24, 2.45) is 5.41 Å². The van der Waals surface area contributed by atoms with E-state index in [0.717, 1.165) is 24.8 Å². The average molecular weight is 204 g/mol. The zero-order chi connectivity index (χ0) is 11.3. The van der Waals surface area contributed by atoms with E-state index in [0.29, 0.717) is 6.42 Å². The lowest BCUT2D eigenvalue weighted by Gasteiger charge is -2.26. The minimum absolute atomic E-state index is 0.0978. The fourth-order valence-corrected chi connectivity index (χ4v) is 1.87. The molecular formula is C14H20O. The Morgan fingerprint density at radius 3 is 2.73 bits per heavy atom. The van der Waals surface area contributed by atoms with Crippen LogP contribution in [-0.4, -0.2) is 5.78 Å². The molecular weight excluding hydrogens is 184 g/mol. The van der Waals surface area contributed by atoms with Crippen LogP contribution in [0.4, 0.5) is 0 Å². The minimum atomic E-state index is 0.0978. The van der Waals surface area contributed by atoms with Gasteiger partial charge >= 0.3 is 0 Å². The van der Waals surface area contributed by atoms with Crippen LogP contribution in [-0.2, 0) is 4.79 Å². The Morgan fingerprint density at radius 2 is 2.13 bits per heavy atom. The van der Waals surface area contributed by atoms with E-state index in [9.17, 15) is 4.79 Å². The molecule has 0 radical (unpaired) electrons. The standard InChI is InChI=1S/C14H20O/c1-4-5-6-7-8-12-9-13(15)11-14(2,3)10-12/h9H,4-6,10-11H2,1-3H3. The summed E-state index contributed by atoms with van der Waals surface area (Å²) in [5.74, 6) is 6.50. The Hall–Kier alpha value is -1.03. The molecule has 0 aliphatic heterocycles. The van der Waals surface area contributed by atoms with Gasteiger partial charge in [-0.2, -0.15) is 0 Å². The van der Waals surface area contributed by atoms with Crippen LogP contribution in [0.5, 0.6) is 0 Å². The first-order valence-corrected chi connectivity index (χ1v) is 5.76. The molecule has 0 atom stereocenters. The van der Waals surface area contributed by atoms with Crippen molar-refractivity contribution in [2.45, 2.75) is 52.9 Å². The molecule has 1 nitrogen and oxygen atoms in total. The summed E-state index contributed by atoms with van der Waals surface area (Å²) in [4.78, 5) is 11.4. The monoisotopic (exact) mass is 204 g/mol. The molecule has 0 heterocycles. The van der Waals surface area contributed by atoms with E-state index in [2.05, 4.69) is 32.6 Å². The number of carbonyl (C=O) groups is 1. The fourth-order valence-electron chi connectivity index (χ4n) is 1.87. The Bertz CT molecular complexity index is 323. The van der Waals surface area contributed by atoms with Gasteiger partial charge in [-0.1, -0.05) is 39.0 Å². The predicted molar refractivity (Wildman–Crippen MR) is 63.4 cm³/mol. The first-order chi connectivity index (χ1) is 7.03. The van der Waals surface area contributed by atoms with Crippen LogP contribution < -0.4 is 0 Å². The van der Waals surface area contributed by atoms with Crippen LogP contribution in [0.2, 0.25) is 0 Å². The zero-order valence-corrected chi connectivity index (χ0v) is 10.0. The summed E-state index contributed by atoms with van der Waals surface area (Å²) in [6.45, 7) is 6.42. The lowest BCUT2D eigenvalue weighted by Crippen LogP contribution is -2.21. The molecule has 1 rings (SSSR count). The topological polar surface area (TPSA) is 17.1 Å². The molecule has 1 heteroatoms. The first-order valence-electron chi connectivity index (χ1n) is 5.76. The van der Waals surface area contributed by atoms with E-state index < -0.39 is 0 Å². The van der Waals surface area contributed by atoms with Crippen LogP contribution in [0.25, 0.3) is 0 Å². The van der Waals surface area contributed by atoms with E-state index in [1.165, 1.54) is 6.42 Å². The second kappa shape index (κ2) is 5.16. The largest absolute Gasteiger partial charge is 0.295 e. The highest BCUT2D eigenvalue weighted by Crippen LogP contribution is 2.33. The Morgan fingerprint density at radius 1 is 1.40 bits per heavy atom. The predicted octanol–water partition coefficient (Wildman–Crippen LogP) is 3.50. The van der Waals surface area contributed by atoms with E-state index in [-0.39, 0.29) is 11.2 Å². The summed E-state index contributed by atoms with van der Waals surface area (Å²) in [6, 6.07) is 0. The number of unbranched alkanes of at least 4 members (excludes halogenated alkanes) is 2. The van der Waals surface area contributed by atoms with Gasteiger partial charge in [0.25, 0.3) is 0 Å². The molecule has 0 aromatic rings. The van der Waals surface area contributed by atoms with Gasteiger partial charge in [0.15, 0.2) is 5.78 Å². The SMILES string of the molecule is CCCCC#CC1=CC(=O)CC(C)(C)C1. The van der Waals surface area contributed by atoms with Gasteiger partial charge in [-0.25, -0.2) is 0 Å². The average Bonchev–Trinajstić information content (AvgIpc) is 2.09. The van der Waals surface area contributed by atoms with Gasteiger partial charge in [0, 0.05) is 18.4 Å². The Balaban J connectivity index is 2.61. The first kappa shape index (κ1) is 12.0. The molecule has 0 aromatic heterocycles. The highest BCUT2D eigenvalue weighted by atomic mass is 16.1. The number of carbonyl (C=O) groups excluding carboxylic acids is 1. The summed E-state index contributed by atoms with van der Waals surface area (Å²) in [7, 11) is 0. The van der Waals surface area contributed by atoms with Gasteiger partial charge in [-0.3, -0.25) is 4.79 Å². The van der Waals surface area contributed by atoms with Crippen molar-refractivity contribution >= 4 is 5.78 Å². The van der Waals surface area contributed by atoms with Gasteiger partial charge in [0.05, 0.1) is 0 Å². The summed E-state index contributed by atoms with van der Waals surface area (Å²) in [5, 5.41) is 0. The van der Waals surface area contributed by atoms with Crippen molar-refractivity contribution < 1.29 is 4.79 Å².